The van der Waals surface area contributed by atoms with Crippen LogP contribution < -0.4 is 10.1 Å². The molecule has 0 unspecified atom stereocenters. The van der Waals surface area contributed by atoms with E-state index < -0.39 is 5.82 Å². The third-order valence-corrected chi connectivity index (χ3v) is 2.65. The lowest BCUT2D eigenvalue weighted by Crippen LogP contribution is -1.98. The molecule has 0 radical (unpaired) electrons. The van der Waals surface area contributed by atoms with Crippen LogP contribution in [0.15, 0.2) is 41.0 Å². The first kappa shape index (κ1) is 12.8. The van der Waals surface area contributed by atoms with Crippen LogP contribution in [0.4, 0.5) is 15.9 Å². The molecule has 5 heteroatoms. The van der Waals surface area contributed by atoms with Crippen LogP contribution in [0, 0.1) is 5.82 Å². The fraction of sp³-hybridized carbons (Fsp3) is 0.154. The van der Waals surface area contributed by atoms with Crippen molar-refractivity contribution in [2.45, 2.75) is 6.92 Å². The van der Waals surface area contributed by atoms with Gasteiger partial charge in [-0.1, -0.05) is 6.07 Å². The summed E-state index contributed by atoms with van der Waals surface area (Å²) in [5.74, 6) is 0.512. The van der Waals surface area contributed by atoms with E-state index in [0.717, 1.165) is 11.4 Å². The second kappa shape index (κ2) is 5.82. The number of pyridine rings is 1. The molecule has 1 aromatic heterocycles. The molecule has 0 saturated heterocycles. The number of benzene rings is 1. The molecule has 0 atom stereocenters. The van der Waals surface area contributed by atoms with E-state index in [2.05, 4.69) is 26.2 Å². The molecule has 0 aliphatic heterocycles. The monoisotopic (exact) mass is 310 g/mol. The lowest BCUT2D eigenvalue weighted by Gasteiger charge is -2.09. The molecule has 3 nitrogen and oxygen atoms in total. The van der Waals surface area contributed by atoms with Crippen LogP contribution in [-0.4, -0.2) is 11.6 Å². The summed E-state index contributed by atoms with van der Waals surface area (Å²) in [6.45, 7) is 2.50. The summed E-state index contributed by atoms with van der Waals surface area (Å²) in [5, 5.41) is 2.91. The van der Waals surface area contributed by atoms with Crippen molar-refractivity contribution in [3.05, 3.63) is 46.8 Å². The van der Waals surface area contributed by atoms with Crippen LogP contribution in [0.2, 0.25) is 0 Å². The zero-order valence-corrected chi connectivity index (χ0v) is 11.4. The minimum Gasteiger partial charge on any atom is -0.494 e. The van der Waals surface area contributed by atoms with Crippen molar-refractivity contribution in [2.24, 2.45) is 0 Å². The highest BCUT2D eigenvalue weighted by Gasteiger charge is 2.05. The Morgan fingerprint density at radius 1 is 1.39 bits per heavy atom. The quantitative estimate of drug-likeness (QED) is 0.922. The Morgan fingerprint density at radius 3 is 2.94 bits per heavy atom. The molecular weight excluding hydrogens is 299 g/mol. The van der Waals surface area contributed by atoms with Gasteiger partial charge in [0, 0.05) is 22.4 Å². The van der Waals surface area contributed by atoms with Crippen molar-refractivity contribution >= 4 is 27.4 Å². The highest BCUT2D eigenvalue weighted by molar-refractivity contribution is 9.10. The van der Waals surface area contributed by atoms with E-state index in [0.29, 0.717) is 11.1 Å². The van der Waals surface area contributed by atoms with Gasteiger partial charge in [-0.05, 0) is 41.1 Å². The molecule has 1 aromatic carbocycles. The molecule has 94 valence electrons. The van der Waals surface area contributed by atoms with Crippen LogP contribution in [0.3, 0.4) is 0 Å². The zero-order chi connectivity index (χ0) is 13.0. The van der Waals surface area contributed by atoms with E-state index in [1.165, 1.54) is 12.3 Å². The number of halogens is 2. The number of anilines is 2. The third-order valence-electron chi connectivity index (χ3n) is 2.22. The molecule has 1 heterocycles. The van der Waals surface area contributed by atoms with Crippen molar-refractivity contribution in [3.8, 4) is 5.75 Å². The summed E-state index contributed by atoms with van der Waals surface area (Å²) >= 11 is 3.16. The third kappa shape index (κ3) is 3.20. The topological polar surface area (TPSA) is 34.1 Å². The number of aromatic nitrogens is 1. The lowest BCUT2D eigenvalue weighted by molar-refractivity contribution is 0.340. The maximum absolute atomic E-state index is 13.6. The number of rotatable bonds is 4. The van der Waals surface area contributed by atoms with E-state index in [1.54, 1.807) is 6.07 Å². The number of ether oxygens (including phenoxy) is 1. The fourth-order valence-electron chi connectivity index (χ4n) is 1.47. The van der Waals surface area contributed by atoms with Crippen molar-refractivity contribution in [3.63, 3.8) is 0 Å². The second-order valence-electron chi connectivity index (χ2n) is 3.57. The van der Waals surface area contributed by atoms with E-state index in [4.69, 9.17) is 4.74 Å². The maximum atomic E-state index is 13.6. The first-order valence-corrected chi connectivity index (χ1v) is 6.29. The van der Waals surface area contributed by atoms with E-state index in [1.807, 2.05) is 25.1 Å². The van der Waals surface area contributed by atoms with Gasteiger partial charge < -0.3 is 10.1 Å². The fourth-order valence-corrected chi connectivity index (χ4v) is 1.78. The van der Waals surface area contributed by atoms with Gasteiger partial charge >= 0.3 is 0 Å². The van der Waals surface area contributed by atoms with Crippen molar-refractivity contribution in [1.29, 1.82) is 0 Å². The Labute approximate surface area is 113 Å². The molecule has 0 fully saturated rings. The normalized spacial score (nSPS) is 10.2. The van der Waals surface area contributed by atoms with Gasteiger partial charge in [0.15, 0.2) is 11.6 Å². The first-order valence-electron chi connectivity index (χ1n) is 5.50. The molecule has 2 aromatic rings. The van der Waals surface area contributed by atoms with Crippen LogP contribution in [0.1, 0.15) is 6.92 Å². The van der Waals surface area contributed by atoms with Crippen LogP contribution in [0.25, 0.3) is 0 Å². The number of hydrogen-bond donors (Lipinski definition) is 1. The summed E-state index contributed by atoms with van der Waals surface area (Å²) in [6, 6.07) is 8.67. The van der Waals surface area contributed by atoms with E-state index in [-0.39, 0.29) is 5.82 Å². The number of hydrogen-bond acceptors (Lipinski definition) is 3. The lowest BCUT2D eigenvalue weighted by atomic mass is 10.3. The molecule has 0 saturated carbocycles. The molecule has 0 bridgehead atoms. The van der Waals surface area contributed by atoms with Gasteiger partial charge in [0.05, 0.1) is 6.61 Å². The van der Waals surface area contributed by atoms with Gasteiger partial charge in [-0.15, -0.1) is 0 Å². The molecule has 0 amide bonds. The summed E-state index contributed by atoms with van der Waals surface area (Å²) < 4.78 is 19.6. The molecule has 2 rings (SSSR count). The average molecular weight is 311 g/mol. The van der Waals surface area contributed by atoms with Crippen molar-refractivity contribution < 1.29 is 9.13 Å². The van der Waals surface area contributed by atoms with Gasteiger partial charge in [-0.25, -0.2) is 9.37 Å². The minimum absolute atomic E-state index is 0.187. The van der Waals surface area contributed by atoms with Crippen LogP contribution in [0.5, 0.6) is 5.75 Å². The zero-order valence-electron chi connectivity index (χ0n) is 9.78. The smallest absolute Gasteiger partial charge is 0.166 e. The Bertz CT molecular complexity index is 548. The van der Waals surface area contributed by atoms with Crippen molar-refractivity contribution in [2.75, 3.05) is 11.9 Å². The van der Waals surface area contributed by atoms with E-state index in [9.17, 15) is 4.39 Å². The van der Waals surface area contributed by atoms with Gasteiger partial charge in [0.25, 0.3) is 0 Å². The molecule has 1 N–H and O–H groups in total. The standard InChI is InChI=1S/C13H12BrFN2O/c1-2-18-11-5-3-4-10(7-11)17-13-12(15)6-9(14)8-16-13/h3-8H,2H2,1H3,(H,16,17). The summed E-state index contributed by atoms with van der Waals surface area (Å²) in [5.41, 5.74) is 0.731. The average Bonchev–Trinajstić information content (AvgIpc) is 2.34. The van der Waals surface area contributed by atoms with E-state index >= 15 is 0 Å². The second-order valence-corrected chi connectivity index (χ2v) is 4.49. The van der Waals surface area contributed by atoms with Gasteiger partial charge in [0.2, 0.25) is 0 Å². The first-order chi connectivity index (χ1) is 8.69. The van der Waals surface area contributed by atoms with Crippen LogP contribution in [-0.2, 0) is 0 Å². The summed E-state index contributed by atoms with van der Waals surface area (Å²) in [7, 11) is 0. The summed E-state index contributed by atoms with van der Waals surface area (Å²) in [4.78, 5) is 3.97. The van der Waals surface area contributed by atoms with Gasteiger partial charge in [-0.3, -0.25) is 0 Å². The maximum Gasteiger partial charge on any atom is 0.166 e. The number of nitrogens with zero attached hydrogens (tertiary/aromatic N) is 1. The molecule has 0 aliphatic rings. The Hall–Kier alpha value is -1.62. The minimum atomic E-state index is -0.411. The SMILES string of the molecule is CCOc1cccc(Nc2ncc(Br)cc2F)c1. The van der Waals surface area contributed by atoms with Crippen molar-refractivity contribution in [1.82, 2.24) is 4.98 Å². The van der Waals surface area contributed by atoms with Crippen LogP contribution >= 0.6 is 15.9 Å². The highest BCUT2D eigenvalue weighted by atomic mass is 79.9. The molecular formula is C13H12BrFN2O. The summed E-state index contributed by atoms with van der Waals surface area (Å²) in [6.07, 6.45) is 1.54. The Morgan fingerprint density at radius 2 is 2.22 bits per heavy atom. The molecule has 18 heavy (non-hydrogen) atoms. The highest BCUT2D eigenvalue weighted by Crippen LogP contribution is 2.23. The number of nitrogens with one attached hydrogen (secondary N) is 1. The molecule has 0 aliphatic carbocycles. The largest absolute Gasteiger partial charge is 0.494 e. The Balaban J connectivity index is 2.20. The van der Waals surface area contributed by atoms with Gasteiger partial charge in [0.1, 0.15) is 5.75 Å². The predicted molar refractivity (Wildman–Crippen MR) is 72.8 cm³/mol. The Kier molecular flexibility index (Phi) is 4.15. The van der Waals surface area contributed by atoms with Gasteiger partial charge in [-0.2, -0.15) is 0 Å². The molecule has 0 spiro atoms. The predicted octanol–water partition coefficient (Wildman–Crippen LogP) is 4.13.